The fourth-order valence-corrected chi connectivity index (χ4v) is 4.91. The second kappa shape index (κ2) is 6.06. The lowest BCUT2D eigenvalue weighted by Gasteiger charge is -2.30. The number of hydrogen-bond acceptors (Lipinski definition) is 1. The molecule has 3 aliphatic rings. The highest BCUT2D eigenvalue weighted by Gasteiger charge is 2.36. The molecule has 1 heterocycles. The van der Waals surface area contributed by atoms with Gasteiger partial charge in [0.25, 0.3) is 5.91 Å². The summed E-state index contributed by atoms with van der Waals surface area (Å²) in [6.45, 7) is 0.969. The summed E-state index contributed by atoms with van der Waals surface area (Å²) in [5.74, 6) is 1.06. The van der Waals surface area contributed by atoms with Gasteiger partial charge in [-0.05, 0) is 80.5 Å². The van der Waals surface area contributed by atoms with Crippen molar-refractivity contribution in [2.75, 3.05) is 6.54 Å². The molecule has 0 radical (unpaired) electrons. The van der Waals surface area contributed by atoms with E-state index in [0.717, 1.165) is 24.4 Å². The molecule has 2 heteroatoms. The lowest BCUT2D eigenvalue weighted by atomic mass is 9.90. The van der Waals surface area contributed by atoms with Crippen molar-refractivity contribution >= 4 is 5.91 Å². The average Bonchev–Trinajstić information content (AvgIpc) is 3.24. The van der Waals surface area contributed by atoms with Crippen molar-refractivity contribution in [3.8, 4) is 0 Å². The van der Waals surface area contributed by atoms with E-state index >= 15 is 0 Å². The van der Waals surface area contributed by atoms with Gasteiger partial charge < -0.3 is 4.90 Å². The number of rotatable bonds is 2. The van der Waals surface area contributed by atoms with Crippen molar-refractivity contribution in [1.82, 2.24) is 4.90 Å². The number of benzene rings is 1. The van der Waals surface area contributed by atoms with E-state index in [1.165, 1.54) is 68.9 Å². The molecule has 1 unspecified atom stereocenters. The maximum absolute atomic E-state index is 13.0. The number of carbonyl (C=O) groups is 1. The summed E-state index contributed by atoms with van der Waals surface area (Å²) in [5, 5.41) is 0. The van der Waals surface area contributed by atoms with Gasteiger partial charge in [-0.1, -0.05) is 18.9 Å². The highest BCUT2D eigenvalue weighted by molar-refractivity contribution is 5.95. The van der Waals surface area contributed by atoms with E-state index < -0.39 is 0 Å². The Labute approximate surface area is 133 Å². The summed E-state index contributed by atoms with van der Waals surface area (Å²) < 4.78 is 0. The molecule has 2 aliphatic carbocycles. The topological polar surface area (TPSA) is 20.3 Å². The zero-order chi connectivity index (χ0) is 14.9. The van der Waals surface area contributed by atoms with Crippen LogP contribution in [0.3, 0.4) is 0 Å². The Bertz CT molecular complexity index is 559. The molecule has 0 bridgehead atoms. The molecule has 0 aromatic heterocycles. The second-order valence-electron chi connectivity index (χ2n) is 7.44. The SMILES string of the molecule is O=C(c1ccc2c(c1)CCCC2)N1CCCC1C1CCCC1. The van der Waals surface area contributed by atoms with Crippen LogP contribution in [0.1, 0.15) is 72.9 Å². The van der Waals surface area contributed by atoms with E-state index in [1.54, 1.807) is 0 Å². The van der Waals surface area contributed by atoms with Gasteiger partial charge in [0.1, 0.15) is 0 Å². The molecule has 2 nitrogen and oxygen atoms in total. The first-order valence-electron chi connectivity index (χ1n) is 9.26. The van der Waals surface area contributed by atoms with Crippen LogP contribution in [0.15, 0.2) is 18.2 Å². The fourth-order valence-electron chi connectivity index (χ4n) is 4.91. The van der Waals surface area contributed by atoms with Gasteiger partial charge in [0.2, 0.25) is 0 Å². The van der Waals surface area contributed by atoms with Crippen LogP contribution in [0, 0.1) is 5.92 Å². The first-order chi connectivity index (χ1) is 10.8. The Kier molecular flexibility index (Phi) is 3.94. The lowest BCUT2D eigenvalue weighted by molar-refractivity contribution is 0.0689. The van der Waals surface area contributed by atoms with Gasteiger partial charge in [-0.3, -0.25) is 4.79 Å². The predicted molar refractivity (Wildman–Crippen MR) is 89.1 cm³/mol. The minimum absolute atomic E-state index is 0.294. The van der Waals surface area contributed by atoms with Gasteiger partial charge in [-0.2, -0.15) is 0 Å². The van der Waals surface area contributed by atoms with E-state index in [9.17, 15) is 4.79 Å². The number of carbonyl (C=O) groups excluding carboxylic acids is 1. The average molecular weight is 297 g/mol. The molecule has 1 atom stereocenters. The fraction of sp³-hybridized carbons (Fsp3) is 0.650. The molecule has 1 saturated carbocycles. The molecule has 0 N–H and O–H groups in total. The highest BCUT2D eigenvalue weighted by atomic mass is 16.2. The molecule has 0 spiro atoms. The molecule has 1 amide bonds. The number of amides is 1. The standard InChI is InChI=1S/C20H27NO/c22-20(18-12-11-15-6-1-4-9-17(15)14-18)21-13-5-10-19(21)16-7-2-3-8-16/h11-12,14,16,19H,1-10,13H2. The molecular formula is C20H27NO. The van der Waals surface area contributed by atoms with Crippen LogP contribution in [0.25, 0.3) is 0 Å². The highest BCUT2D eigenvalue weighted by Crippen LogP contribution is 2.36. The van der Waals surface area contributed by atoms with Gasteiger partial charge in [0.15, 0.2) is 0 Å². The normalized spacial score (nSPS) is 25.5. The monoisotopic (exact) mass is 297 g/mol. The van der Waals surface area contributed by atoms with E-state index in [1.807, 2.05) is 0 Å². The van der Waals surface area contributed by atoms with Gasteiger partial charge >= 0.3 is 0 Å². The Balaban J connectivity index is 1.55. The molecule has 22 heavy (non-hydrogen) atoms. The van der Waals surface area contributed by atoms with Crippen molar-refractivity contribution in [3.63, 3.8) is 0 Å². The van der Waals surface area contributed by atoms with Crippen molar-refractivity contribution in [1.29, 1.82) is 0 Å². The summed E-state index contributed by atoms with van der Waals surface area (Å²) in [5.41, 5.74) is 3.83. The minimum atomic E-state index is 0.294. The second-order valence-corrected chi connectivity index (χ2v) is 7.44. The van der Waals surface area contributed by atoms with Gasteiger partial charge in [-0.15, -0.1) is 0 Å². The van der Waals surface area contributed by atoms with Crippen LogP contribution in [0.5, 0.6) is 0 Å². The quantitative estimate of drug-likeness (QED) is 0.794. The summed E-state index contributed by atoms with van der Waals surface area (Å²) in [4.78, 5) is 15.2. The maximum atomic E-state index is 13.0. The Hall–Kier alpha value is -1.31. The number of nitrogens with zero attached hydrogens (tertiary/aromatic N) is 1. The van der Waals surface area contributed by atoms with Crippen LogP contribution in [-0.4, -0.2) is 23.4 Å². The number of aryl methyl sites for hydroxylation is 2. The third-order valence-electron chi connectivity index (χ3n) is 6.10. The number of hydrogen-bond donors (Lipinski definition) is 0. The zero-order valence-corrected chi connectivity index (χ0v) is 13.5. The van der Waals surface area contributed by atoms with Crippen LogP contribution < -0.4 is 0 Å². The van der Waals surface area contributed by atoms with Crippen LogP contribution in [0.2, 0.25) is 0 Å². The van der Waals surface area contributed by atoms with Crippen molar-refractivity contribution in [3.05, 3.63) is 34.9 Å². The first-order valence-corrected chi connectivity index (χ1v) is 9.26. The zero-order valence-electron chi connectivity index (χ0n) is 13.5. The Morgan fingerprint density at radius 3 is 2.50 bits per heavy atom. The van der Waals surface area contributed by atoms with Gasteiger partial charge in [0, 0.05) is 18.2 Å². The molecule has 1 saturated heterocycles. The maximum Gasteiger partial charge on any atom is 0.254 e. The molecule has 4 rings (SSSR count). The van der Waals surface area contributed by atoms with E-state index in [-0.39, 0.29) is 0 Å². The first kappa shape index (κ1) is 14.3. The molecular weight excluding hydrogens is 270 g/mol. The molecule has 1 aliphatic heterocycles. The summed E-state index contributed by atoms with van der Waals surface area (Å²) in [7, 11) is 0. The molecule has 2 fully saturated rings. The number of fused-ring (bicyclic) bond motifs is 1. The number of likely N-dealkylation sites (tertiary alicyclic amines) is 1. The lowest BCUT2D eigenvalue weighted by Crippen LogP contribution is -2.39. The molecule has 1 aromatic carbocycles. The smallest absolute Gasteiger partial charge is 0.254 e. The molecule has 1 aromatic rings. The van der Waals surface area contributed by atoms with E-state index in [0.29, 0.717) is 11.9 Å². The third-order valence-corrected chi connectivity index (χ3v) is 6.10. The van der Waals surface area contributed by atoms with Crippen LogP contribution in [0.4, 0.5) is 0 Å². The predicted octanol–water partition coefficient (Wildman–Crippen LogP) is 4.36. The van der Waals surface area contributed by atoms with E-state index in [4.69, 9.17) is 0 Å². The van der Waals surface area contributed by atoms with Crippen molar-refractivity contribution in [2.24, 2.45) is 5.92 Å². The molecule has 118 valence electrons. The largest absolute Gasteiger partial charge is 0.335 e. The Morgan fingerprint density at radius 1 is 0.909 bits per heavy atom. The van der Waals surface area contributed by atoms with Gasteiger partial charge in [-0.25, -0.2) is 0 Å². The summed E-state index contributed by atoms with van der Waals surface area (Å²) in [6.07, 6.45) is 12.7. The van der Waals surface area contributed by atoms with Crippen molar-refractivity contribution in [2.45, 2.75) is 70.3 Å². The van der Waals surface area contributed by atoms with E-state index in [2.05, 4.69) is 23.1 Å². The van der Waals surface area contributed by atoms with Crippen LogP contribution >= 0.6 is 0 Å². The minimum Gasteiger partial charge on any atom is -0.335 e. The third kappa shape index (κ3) is 2.57. The van der Waals surface area contributed by atoms with Crippen LogP contribution in [-0.2, 0) is 12.8 Å². The summed E-state index contributed by atoms with van der Waals surface area (Å²) >= 11 is 0. The summed E-state index contributed by atoms with van der Waals surface area (Å²) in [6, 6.07) is 7.01. The Morgan fingerprint density at radius 2 is 1.68 bits per heavy atom. The van der Waals surface area contributed by atoms with Gasteiger partial charge in [0.05, 0.1) is 0 Å². The van der Waals surface area contributed by atoms with Crippen molar-refractivity contribution < 1.29 is 4.79 Å².